The van der Waals surface area contributed by atoms with Crippen molar-refractivity contribution in [3.63, 3.8) is 0 Å². The Hall–Kier alpha value is -1.36. The molecular weight excluding hydrogens is 288 g/mol. The summed E-state index contributed by atoms with van der Waals surface area (Å²) in [5, 5.41) is 11.4. The van der Waals surface area contributed by atoms with Crippen molar-refractivity contribution in [3.8, 4) is 0 Å². The Labute approximate surface area is 138 Å². The third kappa shape index (κ3) is 3.44. The van der Waals surface area contributed by atoms with Crippen LogP contribution in [0.25, 0.3) is 0 Å². The zero-order chi connectivity index (χ0) is 15.8. The van der Waals surface area contributed by atoms with E-state index in [4.69, 9.17) is 0 Å². The van der Waals surface area contributed by atoms with Crippen molar-refractivity contribution >= 4 is 5.91 Å². The van der Waals surface area contributed by atoms with Crippen LogP contribution in [0.1, 0.15) is 63.0 Å². The minimum absolute atomic E-state index is 0.0613. The van der Waals surface area contributed by atoms with Crippen molar-refractivity contribution < 1.29 is 4.79 Å². The number of aromatic nitrogens is 2. The van der Waals surface area contributed by atoms with Crippen molar-refractivity contribution in [2.24, 2.45) is 18.9 Å². The van der Waals surface area contributed by atoms with Crippen LogP contribution in [0.5, 0.6) is 0 Å². The molecule has 1 aliphatic heterocycles. The van der Waals surface area contributed by atoms with E-state index in [1.807, 2.05) is 24.1 Å². The van der Waals surface area contributed by atoms with Gasteiger partial charge in [-0.15, -0.1) is 0 Å². The van der Waals surface area contributed by atoms with Gasteiger partial charge in [0.05, 0.1) is 12.2 Å². The topological polar surface area (TPSA) is 59.0 Å². The molecule has 1 aromatic heterocycles. The van der Waals surface area contributed by atoms with Gasteiger partial charge in [-0.2, -0.15) is 5.10 Å². The Kier molecular flexibility index (Phi) is 4.14. The summed E-state index contributed by atoms with van der Waals surface area (Å²) in [4.78, 5) is 11.9. The summed E-state index contributed by atoms with van der Waals surface area (Å²) >= 11 is 0. The SMILES string of the molecule is Cn1cc([C@@H]2NC(=O)CC[C@H]2N[C@H]2CCC[C@H](C3CC3)C2)cn1. The van der Waals surface area contributed by atoms with Gasteiger partial charge in [0.1, 0.15) is 0 Å². The van der Waals surface area contributed by atoms with Crippen LogP contribution < -0.4 is 10.6 Å². The van der Waals surface area contributed by atoms with Crippen molar-refractivity contribution in [1.29, 1.82) is 0 Å². The summed E-state index contributed by atoms with van der Waals surface area (Å²) in [6.07, 6.45) is 13.8. The molecule has 2 saturated carbocycles. The quantitative estimate of drug-likeness (QED) is 0.896. The highest BCUT2D eigenvalue weighted by Gasteiger charge is 2.37. The second-order valence-corrected chi connectivity index (χ2v) is 7.77. The third-order valence-corrected chi connectivity index (χ3v) is 5.94. The number of amides is 1. The molecule has 0 bridgehead atoms. The maximum Gasteiger partial charge on any atom is 0.220 e. The molecule has 2 aliphatic carbocycles. The lowest BCUT2D eigenvalue weighted by Crippen LogP contribution is -2.52. The molecule has 4 atom stereocenters. The largest absolute Gasteiger partial charge is 0.348 e. The summed E-state index contributed by atoms with van der Waals surface area (Å²) < 4.78 is 1.82. The Bertz CT molecular complexity index is 565. The van der Waals surface area contributed by atoms with Crippen LogP contribution in [0.3, 0.4) is 0 Å². The summed E-state index contributed by atoms with van der Waals surface area (Å²) in [6, 6.07) is 1.01. The Balaban J connectivity index is 1.43. The smallest absolute Gasteiger partial charge is 0.220 e. The second-order valence-electron chi connectivity index (χ2n) is 7.77. The summed E-state index contributed by atoms with van der Waals surface area (Å²) in [5.41, 5.74) is 1.12. The van der Waals surface area contributed by atoms with Gasteiger partial charge in [0, 0.05) is 37.3 Å². The first kappa shape index (κ1) is 15.2. The Morgan fingerprint density at radius 1 is 1.22 bits per heavy atom. The maximum atomic E-state index is 11.9. The van der Waals surface area contributed by atoms with Gasteiger partial charge in [0.15, 0.2) is 0 Å². The maximum absolute atomic E-state index is 11.9. The van der Waals surface area contributed by atoms with E-state index in [0.29, 0.717) is 18.5 Å². The van der Waals surface area contributed by atoms with Gasteiger partial charge < -0.3 is 10.6 Å². The molecule has 2 N–H and O–H groups in total. The first-order valence-corrected chi connectivity index (χ1v) is 9.23. The van der Waals surface area contributed by atoms with E-state index in [9.17, 15) is 4.79 Å². The lowest BCUT2D eigenvalue weighted by atomic mass is 9.81. The van der Waals surface area contributed by atoms with Crippen LogP contribution in [0.4, 0.5) is 0 Å². The average Bonchev–Trinajstić information content (AvgIpc) is 3.31. The highest BCUT2D eigenvalue weighted by Crippen LogP contribution is 2.44. The zero-order valence-electron chi connectivity index (χ0n) is 14.0. The summed E-state index contributed by atoms with van der Waals surface area (Å²) in [5.74, 6) is 2.12. The highest BCUT2D eigenvalue weighted by atomic mass is 16.1. The van der Waals surface area contributed by atoms with Gasteiger partial charge in [0.25, 0.3) is 0 Å². The molecular formula is C18H28N4O. The minimum atomic E-state index is 0.0613. The molecule has 2 heterocycles. The Morgan fingerprint density at radius 3 is 2.83 bits per heavy atom. The number of carbonyl (C=O) groups excluding carboxylic acids is 1. The molecule has 126 valence electrons. The number of carbonyl (C=O) groups is 1. The zero-order valence-corrected chi connectivity index (χ0v) is 14.0. The van der Waals surface area contributed by atoms with Crippen LogP contribution in [-0.2, 0) is 11.8 Å². The molecule has 3 aliphatic rings. The van der Waals surface area contributed by atoms with Crippen LogP contribution in [-0.4, -0.2) is 27.8 Å². The molecule has 0 unspecified atom stereocenters. The lowest BCUT2D eigenvalue weighted by Gasteiger charge is -2.38. The number of nitrogens with one attached hydrogen (secondary N) is 2. The van der Waals surface area contributed by atoms with E-state index >= 15 is 0 Å². The summed E-state index contributed by atoms with van der Waals surface area (Å²) in [7, 11) is 1.93. The number of aryl methyl sites for hydroxylation is 1. The highest BCUT2D eigenvalue weighted by molar-refractivity contribution is 5.77. The number of piperidine rings is 1. The number of rotatable bonds is 4. The molecule has 1 saturated heterocycles. The van der Waals surface area contributed by atoms with Gasteiger partial charge >= 0.3 is 0 Å². The van der Waals surface area contributed by atoms with E-state index in [0.717, 1.165) is 23.8 Å². The van der Waals surface area contributed by atoms with E-state index in [2.05, 4.69) is 15.7 Å². The normalized spacial score (nSPS) is 35.1. The number of hydrogen-bond acceptors (Lipinski definition) is 3. The number of hydrogen-bond donors (Lipinski definition) is 2. The van der Waals surface area contributed by atoms with Crippen molar-refractivity contribution in [2.45, 2.75) is 69.5 Å². The standard InChI is InChI=1S/C18H28N4O/c1-22-11-14(10-19-22)18-16(7-8-17(23)21-18)20-15-4-2-3-13(9-15)12-5-6-12/h10-13,15-16,18,20H,2-9H2,1H3,(H,21,23)/t13-,15-,16+,18-/m0/s1. The average molecular weight is 316 g/mol. The van der Waals surface area contributed by atoms with Crippen LogP contribution >= 0.6 is 0 Å². The molecule has 5 heteroatoms. The van der Waals surface area contributed by atoms with Gasteiger partial charge in [-0.25, -0.2) is 0 Å². The van der Waals surface area contributed by atoms with Crippen molar-refractivity contribution in [2.75, 3.05) is 0 Å². The van der Waals surface area contributed by atoms with Gasteiger partial charge in [-0.1, -0.05) is 12.8 Å². The Morgan fingerprint density at radius 2 is 2.09 bits per heavy atom. The van der Waals surface area contributed by atoms with Crippen molar-refractivity contribution in [3.05, 3.63) is 18.0 Å². The molecule has 3 fully saturated rings. The number of nitrogens with zero attached hydrogens (tertiary/aromatic N) is 2. The molecule has 1 amide bonds. The molecule has 4 rings (SSSR count). The molecule has 0 spiro atoms. The molecule has 1 aromatic rings. The first-order chi connectivity index (χ1) is 11.2. The molecule has 23 heavy (non-hydrogen) atoms. The van der Waals surface area contributed by atoms with E-state index in [-0.39, 0.29) is 11.9 Å². The van der Waals surface area contributed by atoms with Crippen LogP contribution in [0, 0.1) is 11.8 Å². The van der Waals surface area contributed by atoms with Crippen LogP contribution in [0.15, 0.2) is 12.4 Å². The molecule has 0 radical (unpaired) electrons. The van der Waals surface area contributed by atoms with Crippen molar-refractivity contribution in [1.82, 2.24) is 20.4 Å². The minimum Gasteiger partial charge on any atom is -0.348 e. The fourth-order valence-corrected chi connectivity index (χ4v) is 4.57. The fraction of sp³-hybridized carbons (Fsp3) is 0.778. The molecule has 5 nitrogen and oxygen atoms in total. The van der Waals surface area contributed by atoms with E-state index in [1.54, 1.807) is 0 Å². The van der Waals surface area contributed by atoms with Gasteiger partial charge in [-0.3, -0.25) is 9.48 Å². The first-order valence-electron chi connectivity index (χ1n) is 9.23. The predicted molar refractivity (Wildman–Crippen MR) is 88.7 cm³/mol. The molecule has 0 aromatic carbocycles. The summed E-state index contributed by atoms with van der Waals surface area (Å²) in [6.45, 7) is 0. The van der Waals surface area contributed by atoms with E-state index < -0.39 is 0 Å². The fourth-order valence-electron chi connectivity index (χ4n) is 4.57. The predicted octanol–water partition coefficient (Wildman–Crippen LogP) is 2.30. The van der Waals surface area contributed by atoms with Crippen LogP contribution in [0.2, 0.25) is 0 Å². The monoisotopic (exact) mass is 316 g/mol. The second kappa shape index (κ2) is 6.27. The third-order valence-electron chi connectivity index (χ3n) is 5.94. The van der Waals surface area contributed by atoms with Gasteiger partial charge in [-0.05, 0) is 43.9 Å². The van der Waals surface area contributed by atoms with Gasteiger partial charge in [0.2, 0.25) is 5.91 Å². The van der Waals surface area contributed by atoms with E-state index in [1.165, 1.54) is 38.5 Å². The lowest BCUT2D eigenvalue weighted by molar-refractivity contribution is -0.124.